The van der Waals surface area contributed by atoms with Crippen LogP contribution in [-0.2, 0) is 16.0 Å². The monoisotopic (exact) mass is 538 g/mol. The van der Waals surface area contributed by atoms with Crippen LogP contribution in [0, 0.1) is 5.82 Å². The maximum atomic E-state index is 14.3. The Morgan fingerprint density at radius 3 is 2.43 bits per heavy atom. The van der Waals surface area contributed by atoms with Gasteiger partial charge in [0.1, 0.15) is 16.5 Å². The number of aliphatic hydroxyl groups is 1. The summed E-state index contributed by atoms with van der Waals surface area (Å²) in [4.78, 5) is 7.75. The Morgan fingerprint density at radius 2 is 1.84 bits per heavy atom. The van der Waals surface area contributed by atoms with Crippen LogP contribution in [0.2, 0.25) is 0 Å². The topological polar surface area (TPSA) is 143 Å². The fraction of sp³-hybridized carbons (Fsp3) is 0.182. The van der Waals surface area contributed by atoms with Crippen LogP contribution in [0.25, 0.3) is 11.5 Å². The van der Waals surface area contributed by atoms with Crippen molar-refractivity contribution in [2.24, 2.45) is 0 Å². The van der Waals surface area contributed by atoms with Gasteiger partial charge < -0.3 is 20.2 Å². The fourth-order valence-electron chi connectivity index (χ4n) is 3.25. The quantitative estimate of drug-likeness (QED) is 0.282. The first-order valence-corrected chi connectivity index (χ1v) is 12.3. The van der Waals surface area contributed by atoms with Crippen LogP contribution in [0.15, 0.2) is 64.0 Å². The minimum absolute atomic E-state index is 0.0778. The zero-order valence-corrected chi connectivity index (χ0v) is 19.7. The number of aliphatic hydroxyl groups excluding tert-OH is 1. The maximum absolute atomic E-state index is 14.3. The minimum Gasteiger partial charge on any atom is -0.412 e. The molecule has 0 unspecified atom stereocenters. The summed E-state index contributed by atoms with van der Waals surface area (Å²) in [5.41, 5.74) is 0.646. The van der Waals surface area contributed by atoms with Gasteiger partial charge in [-0.2, -0.15) is 18.2 Å². The van der Waals surface area contributed by atoms with Crippen molar-refractivity contribution < 1.29 is 35.5 Å². The summed E-state index contributed by atoms with van der Waals surface area (Å²) in [5.74, 6) is -3.31. The summed E-state index contributed by atoms with van der Waals surface area (Å²) in [5, 5.41) is 22.0. The number of benzene rings is 2. The van der Waals surface area contributed by atoms with E-state index in [2.05, 4.69) is 30.8 Å². The van der Waals surface area contributed by atoms with Crippen LogP contribution in [0.5, 0.6) is 0 Å². The lowest BCUT2D eigenvalue weighted by Gasteiger charge is -2.19. The number of rotatable bonds is 8. The molecule has 0 aliphatic rings. The Labute approximate surface area is 207 Å². The third-order valence-corrected chi connectivity index (χ3v) is 6.10. The molecule has 37 heavy (non-hydrogen) atoms. The van der Waals surface area contributed by atoms with E-state index in [-0.39, 0.29) is 23.0 Å². The molecule has 2 aromatic heterocycles. The number of sulfone groups is 1. The molecule has 0 aliphatic carbocycles. The van der Waals surface area contributed by atoms with Gasteiger partial charge in [-0.05, 0) is 23.8 Å². The highest BCUT2D eigenvalue weighted by Gasteiger charge is 2.38. The molecule has 3 N–H and O–H groups in total. The van der Waals surface area contributed by atoms with E-state index in [9.17, 15) is 31.1 Å². The summed E-state index contributed by atoms with van der Waals surface area (Å²) >= 11 is 0. The fourth-order valence-corrected chi connectivity index (χ4v) is 3.98. The van der Waals surface area contributed by atoms with Gasteiger partial charge in [0.15, 0.2) is 9.84 Å². The van der Waals surface area contributed by atoms with Gasteiger partial charge in [-0.1, -0.05) is 30.3 Å². The molecular weight excluding hydrogens is 520 g/mol. The number of halogens is 4. The number of hydrogen-bond donors (Lipinski definition) is 3. The SMILES string of the molecule is CS(=O)(=O)c1ccc(Nc2ncc(-c3nnc(C(F)(F)F)o3)c(N[C@H](CO)c3ccccc3)n2)cc1F. The smallest absolute Gasteiger partial charge is 0.412 e. The van der Waals surface area contributed by atoms with E-state index < -0.39 is 51.2 Å². The van der Waals surface area contributed by atoms with Gasteiger partial charge in [-0.15, -0.1) is 10.2 Å². The van der Waals surface area contributed by atoms with Crippen molar-refractivity contribution in [1.29, 1.82) is 0 Å². The van der Waals surface area contributed by atoms with Crippen molar-refractivity contribution in [2.75, 3.05) is 23.5 Å². The lowest BCUT2D eigenvalue weighted by molar-refractivity contribution is -0.156. The highest BCUT2D eigenvalue weighted by atomic mass is 32.2. The molecule has 2 aromatic carbocycles. The van der Waals surface area contributed by atoms with Crippen LogP contribution in [0.4, 0.5) is 35.0 Å². The summed E-state index contributed by atoms with van der Waals surface area (Å²) in [6.45, 7) is -0.411. The Balaban J connectivity index is 1.72. The highest BCUT2D eigenvalue weighted by molar-refractivity contribution is 7.90. The van der Waals surface area contributed by atoms with E-state index in [0.717, 1.165) is 24.6 Å². The molecule has 4 rings (SSSR count). The second kappa shape index (κ2) is 10.1. The lowest BCUT2D eigenvalue weighted by Crippen LogP contribution is -2.17. The van der Waals surface area contributed by atoms with E-state index in [1.165, 1.54) is 6.07 Å². The lowest BCUT2D eigenvalue weighted by atomic mass is 10.1. The number of alkyl halides is 3. The van der Waals surface area contributed by atoms with Gasteiger partial charge in [-0.3, -0.25) is 0 Å². The van der Waals surface area contributed by atoms with Crippen molar-refractivity contribution in [1.82, 2.24) is 20.2 Å². The molecule has 0 spiro atoms. The molecule has 0 amide bonds. The van der Waals surface area contributed by atoms with Crippen LogP contribution in [0.3, 0.4) is 0 Å². The third-order valence-electron chi connectivity index (χ3n) is 4.97. The van der Waals surface area contributed by atoms with Crippen LogP contribution < -0.4 is 10.6 Å². The maximum Gasteiger partial charge on any atom is 0.470 e. The second-order valence-electron chi connectivity index (χ2n) is 7.70. The molecule has 10 nitrogen and oxygen atoms in total. The molecule has 15 heteroatoms. The number of nitrogens with zero attached hydrogens (tertiary/aromatic N) is 4. The first-order chi connectivity index (χ1) is 17.5. The van der Waals surface area contributed by atoms with E-state index in [4.69, 9.17) is 4.42 Å². The molecule has 2 heterocycles. The molecule has 0 radical (unpaired) electrons. The van der Waals surface area contributed by atoms with Gasteiger partial charge in [-0.25, -0.2) is 17.8 Å². The predicted molar refractivity (Wildman–Crippen MR) is 123 cm³/mol. The van der Waals surface area contributed by atoms with Gasteiger partial charge in [0.25, 0.3) is 5.89 Å². The Morgan fingerprint density at radius 1 is 1.11 bits per heavy atom. The second-order valence-corrected chi connectivity index (χ2v) is 9.68. The Hall–Kier alpha value is -4.11. The Kier molecular flexibility index (Phi) is 7.09. The van der Waals surface area contributed by atoms with E-state index in [0.29, 0.717) is 5.56 Å². The summed E-state index contributed by atoms with van der Waals surface area (Å²) in [6, 6.07) is 11.2. The van der Waals surface area contributed by atoms with Crippen molar-refractivity contribution >= 4 is 27.3 Å². The van der Waals surface area contributed by atoms with Gasteiger partial charge in [0.2, 0.25) is 5.95 Å². The highest BCUT2D eigenvalue weighted by Crippen LogP contribution is 2.34. The van der Waals surface area contributed by atoms with Gasteiger partial charge in [0, 0.05) is 18.1 Å². The normalized spacial score (nSPS) is 12.8. The van der Waals surface area contributed by atoms with Gasteiger partial charge >= 0.3 is 12.1 Å². The molecule has 0 saturated carbocycles. The number of anilines is 3. The van der Waals surface area contributed by atoms with Gasteiger partial charge in [0.05, 0.1) is 18.2 Å². The first-order valence-electron chi connectivity index (χ1n) is 10.4. The largest absolute Gasteiger partial charge is 0.470 e. The molecule has 0 fully saturated rings. The molecule has 0 saturated heterocycles. The zero-order chi connectivity index (χ0) is 26.8. The molecule has 1 atom stereocenters. The molecular formula is C22H18F4N6O4S. The average molecular weight is 538 g/mol. The number of nitrogens with one attached hydrogen (secondary N) is 2. The van der Waals surface area contributed by atoms with Crippen molar-refractivity contribution in [3.63, 3.8) is 0 Å². The number of hydrogen-bond acceptors (Lipinski definition) is 10. The predicted octanol–water partition coefficient (Wildman–Crippen LogP) is 3.98. The van der Waals surface area contributed by atoms with Crippen molar-refractivity contribution in [3.8, 4) is 11.5 Å². The molecule has 0 aliphatic heterocycles. The van der Waals surface area contributed by atoms with Crippen molar-refractivity contribution in [2.45, 2.75) is 17.1 Å². The van der Waals surface area contributed by atoms with Crippen molar-refractivity contribution in [3.05, 3.63) is 72.0 Å². The van der Waals surface area contributed by atoms with Crippen LogP contribution in [0.1, 0.15) is 17.5 Å². The molecule has 194 valence electrons. The Bertz CT molecular complexity index is 1510. The first kappa shape index (κ1) is 26.0. The van der Waals surface area contributed by atoms with E-state index in [1.807, 2.05) is 0 Å². The average Bonchev–Trinajstić information content (AvgIpc) is 3.33. The third kappa shape index (κ3) is 6.00. The summed E-state index contributed by atoms with van der Waals surface area (Å²) in [7, 11) is -3.79. The molecule has 4 aromatic rings. The minimum atomic E-state index is -4.87. The standard InChI is InChI=1S/C22H18F4N6O4S/c1-37(34,35)17-8-7-13(9-15(17)23)28-21-27-10-14(19-31-32-20(36-19)22(24,25)26)18(30-21)29-16(11-33)12-5-3-2-4-6-12/h2-10,16,33H,11H2,1H3,(H2,27,28,29,30)/t16-/m1/s1. The van der Waals surface area contributed by atoms with Crippen LogP contribution in [-0.4, -0.2) is 46.6 Å². The zero-order valence-electron chi connectivity index (χ0n) is 18.9. The summed E-state index contributed by atoms with van der Waals surface area (Å²) in [6.07, 6.45) is -2.91. The summed E-state index contributed by atoms with van der Waals surface area (Å²) < 4.78 is 81.3. The number of aromatic nitrogens is 4. The van der Waals surface area contributed by atoms with Crippen LogP contribution >= 0.6 is 0 Å². The molecule has 0 bridgehead atoms. The van der Waals surface area contributed by atoms with E-state index in [1.54, 1.807) is 30.3 Å². The van der Waals surface area contributed by atoms with E-state index >= 15 is 0 Å².